The van der Waals surface area contributed by atoms with Gasteiger partial charge >= 0.3 is 0 Å². The maximum Gasteiger partial charge on any atom is 0.243 e. The van der Waals surface area contributed by atoms with Crippen LogP contribution in [0.4, 0.5) is 0 Å². The molecule has 1 aromatic carbocycles. The van der Waals surface area contributed by atoms with Crippen molar-refractivity contribution in [3.8, 4) is 0 Å². The number of nitrogens with zero attached hydrogens (tertiary/aromatic N) is 1. The molecule has 0 amide bonds. The summed E-state index contributed by atoms with van der Waals surface area (Å²) < 4.78 is 26.5. The van der Waals surface area contributed by atoms with Crippen LogP contribution in [0.1, 0.15) is 30.0 Å². The summed E-state index contributed by atoms with van der Waals surface area (Å²) in [5.74, 6) is 0. The third-order valence-electron chi connectivity index (χ3n) is 3.80. The van der Waals surface area contributed by atoms with Gasteiger partial charge in [0.2, 0.25) is 10.0 Å². The second-order valence-corrected chi connectivity index (χ2v) is 7.45. The summed E-state index contributed by atoms with van der Waals surface area (Å²) in [4.78, 5) is 0.385. The molecule has 1 heterocycles. The minimum absolute atomic E-state index is 0.193. The highest BCUT2D eigenvalue weighted by atomic mass is 32.2. The fraction of sp³-hybridized carbons (Fsp3) is 0.571. The van der Waals surface area contributed by atoms with Crippen LogP contribution in [0.2, 0.25) is 0 Å². The molecule has 1 fully saturated rings. The first-order valence-electron chi connectivity index (χ1n) is 6.50. The largest absolute Gasteiger partial charge is 0.387 e. The standard InChI is InChI=1S/C14H21NO3S/c1-5-14(16)8-15(9-14)19(17,18)13-11(3)6-10(2)7-12(13)4/h6-7,16H,5,8-9H2,1-4H3. The number of sulfonamides is 1. The lowest BCUT2D eigenvalue weighted by Crippen LogP contribution is -2.63. The monoisotopic (exact) mass is 283 g/mol. The van der Waals surface area contributed by atoms with Crippen molar-refractivity contribution in [1.29, 1.82) is 0 Å². The van der Waals surface area contributed by atoms with Crippen LogP contribution in [0.15, 0.2) is 17.0 Å². The number of aliphatic hydroxyl groups is 1. The molecule has 0 aromatic heterocycles. The van der Waals surface area contributed by atoms with E-state index in [0.717, 1.165) is 16.7 Å². The summed E-state index contributed by atoms with van der Waals surface area (Å²) in [6.45, 7) is 7.84. The minimum Gasteiger partial charge on any atom is -0.387 e. The number of rotatable bonds is 3. The Morgan fingerprint density at radius 2 is 1.68 bits per heavy atom. The number of hydrogen-bond acceptors (Lipinski definition) is 3. The minimum atomic E-state index is -3.49. The van der Waals surface area contributed by atoms with Gasteiger partial charge in [-0.2, -0.15) is 4.31 Å². The first-order valence-corrected chi connectivity index (χ1v) is 7.94. The molecule has 1 aliphatic rings. The van der Waals surface area contributed by atoms with Crippen molar-refractivity contribution in [3.63, 3.8) is 0 Å². The zero-order valence-electron chi connectivity index (χ0n) is 11.9. The van der Waals surface area contributed by atoms with E-state index in [-0.39, 0.29) is 13.1 Å². The maximum atomic E-state index is 12.6. The molecule has 0 saturated carbocycles. The molecule has 1 aliphatic heterocycles. The van der Waals surface area contributed by atoms with E-state index in [1.54, 1.807) is 0 Å². The molecule has 106 valence electrons. The van der Waals surface area contributed by atoms with Gasteiger partial charge in [-0.3, -0.25) is 0 Å². The Labute approximate surface area is 115 Å². The van der Waals surface area contributed by atoms with E-state index >= 15 is 0 Å². The van der Waals surface area contributed by atoms with Crippen molar-refractivity contribution < 1.29 is 13.5 Å². The fourth-order valence-electron chi connectivity index (χ4n) is 2.71. The van der Waals surface area contributed by atoms with Crippen LogP contribution >= 0.6 is 0 Å². The van der Waals surface area contributed by atoms with Crippen LogP contribution in [-0.2, 0) is 10.0 Å². The predicted octanol–water partition coefficient (Wildman–Crippen LogP) is 1.76. The third kappa shape index (κ3) is 2.42. The smallest absolute Gasteiger partial charge is 0.243 e. The normalized spacial score (nSPS) is 19.2. The summed E-state index contributed by atoms with van der Waals surface area (Å²) in [5.41, 5.74) is 1.75. The van der Waals surface area contributed by atoms with Gasteiger partial charge in [0.05, 0.1) is 10.5 Å². The quantitative estimate of drug-likeness (QED) is 0.919. The zero-order valence-corrected chi connectivity index (χ0v) is 12.7. The molecule has 0 unspecified atom stereocenters. The Morgan fingerprint density at radius 1 is 1.21 bits per heavy atom. The summed E-state index contributed by atoms with van der Waals surface area (Å²) in [6, 6.07) is 3.76. The summed E-state index contributed by atoms with van der Waals surface area (Å²) in [7, 11) is -3.49. The number of benzene rings is 1. The van der Waals surface area contributed by atoms with Crippen LogP contribution in [0.25, 0.3) is 0 Å². The van der Waals surface area contributed by atoms with Gasteiger partial charge in [0.1, 0.15) is 0 Å². The Morgan fingerprint density at radius 3 is 2.11 bits per heavy atom. The summed E-state index contributed by atoms with van der Waals surface area (Å²) >= 11 is 0. The molecule has 2 rings (SSSR count). The molecule has 19 heavy (non-hydrogen) atoms. The van der Waals surface area contributed by atoms with E-state index in [1.165, 1.54) is 4.31 Å². The lowest BCUT2D eigenvalue weighted by molar-refractivity contribution is -0.0613. The van der Waals surface area contributed by atoms with Gasteiger partial charge < -0.3 is 5.11 Å². The zero-order chi connectivity index (χ0) is 14.4. The van der Waals surface area contributed by atoms with Crippen LogP contribution in [0, 0.1) is 20.8 Å². The summed E-state index contributed by atoms with van der Waals surface area (Å²) in [5, 5.41) is 9.98. The van der Waals surface area contributed by atoms with Crippen molar-refractivity contribution in [3.05, 3.63) is 28.8 Å². The van der Waals surface area contributed by atoms with Crippen molar-refractivity contribution in [2.45, 2.75) is 44.6 Å². The highest BCUT2D eigenvalue weighted by molar-refractivity contribution is 7.89. The van der Waals surface area contributed by atoms with E-state index in [0.29, 0.717) is 11.3 Å². The molecule has 4 nitrogen and oxygen atoms in total. The molecular weight excluding hydrogens is 262 g/mol. The Balaban J connectivity index is 2.38. The second-order valence-electron chi connectivity index (χ2n) is 5.58. The van der Waals surface area contributed by atoms with Crippen molar-refractivity contribution in [1.82, 2.24) is 4.31 Å². The van der Waals surface area contributed by atoms with E-state index < -0.39 is 15.6 Å². The van der Waals surface area contributed by atoms with Crippen LogP contribution < -0.4 is 0 Å². The molecule has 0 spiro atoms. The van der Waals surface area contributed by atoms with Crippen LogP contribution in [-0.4, -0.2) is 36.5 Å². The van der Waals surface area contributed by atoms with Crippen molar-refractivity contribution in [2.75, 3.05) is 13.1 Å². The first kappa shape index (κ1) is 14.5. The topological polar surface area (TPSA) is 57.6 Å². The van der Waals surface area contributed by atoms with Crippen molar-refractivity contribution in [2.24, 2.45) is 0 Å². The lowest BCUT2D eigenvalue weighted by atomic mass is 9.94. The molecule has 0 bridgehead atoms. The summed E-state index contributed by atoms with van der Waals surface area (Å²) in [6.07, 6.45) is 0.574. The van der Waals surface area contributed by atoms with Gasteiger partial charge in [-0.1, -0.05) is 24.6 Å². The van der Waals surface area contributed by atoms with Gasteiger partial charge in [-0.25, -0.2) is 8.42 Å². The number of aryl methyl sites for hydroxylation is 3. The van der Waals surface area contributed by atoms with Gasteiger partial charge in [-0.05, 0) is 38.3 Å². The highest BCUT2D eigenvalue weighted by Crippen LogP contribution is 2.33. The van der Waals surface area contributed by atoms with E-state index in [2.05, 4.69) is 0 Å². The fourth-order valence-corrected chi connectivity index (χ4v) is 4.72. The number of hydrogen-bond donors (Lipinski definition) is 1. The first-order chi connectivity index (χ1) is 8.69. The highest BCUT2D eigenvalue weighted by Gasteiger charge is 2.46. The Bertz CT molecular complexity index is 578. The van der Waals surface area contributed by atoms with Gasteiger partial charge in [0.25, 0.3) is 0 Å². The van der Waals surface area contributed by atoms with Gasteiger partial charge in [0, 0.05) is 13.1 Å². The van der Waals surface area contributed by atoms with Gasteiger partial charge in [0.15, 0.2) is 0 Å². The SMILES string of the molecule is CCC1(O)CN(S(=O)(=O)c2c(C)cc(C)cc2C)C1. The van der Waals surface area contributed by atoms with Crippen molar-refractivity contribution >= 4 is 10.0 Å². The molecule has 0 aliphatic carbocycles. The maximum absolute atomic E-state index is 12.6. The Kier molecular flexibility index (Phi) is 3.49. The molecule has 1 N–H and O–H groups in total. The molecule has 1 saturated heterocycles. The predicted molar refractivity (Wildman–Crippen MR) is 74.7 cm³/mol. The van der Waals surface area contributed by atoms with Crippen LogP contribution in [0.5, 0.6) is 0 Å². The van der Waals surface area contributed by atoms with E-state index in [4.69, 9.17) is 0 Å². The lowest BCUT2D eigenvalue weighted by Gasteiger charge is -2.45. The van der Waals surface area contributed by atoms with Gasteiger partial charge in [-0.15, -0.1) is 0 Å². The Hall–Kier alpha value is -0.910. The molecule has 0 radical (unpaired) electrons. The van der Waals surface area contributed by atoms with E-state index in [9.17, 15) is 13.5 Å². The average molecular weight is 283 g/mol. The molecule has 0 atom stereocenters. The number of β-amino-alcohol motifs (C(OH)–C–C–N with tert-alkyl or cyclic N) is 1. The second kappa shape index (κ2) is 4.58. The van der Waals surface area contributed by atoms with Crippen LogP contribution in [0.3, 0.4) is 0 Å². The van der Waals surface area contributed by atoms with E-state index in [1.807, 2.05) is 39.8 Å². The molecule has 1 aromatic rings. The molecule has 5 heteroatoms. The third-order valence-corrected chi connectivity index (χ3v) is 5.90. The average Bonchev–Trinajstić information content (AvgIpc) is 2.22. The molecular formula is C14H21NO3S.